The number of hydrogen-bond acceptors (Lipinski definition) is 5. The minimum absolute atomic E-state index is 0.144. The maximum Gasteiger partial charge on any atom is 0.0900 e. The average molecular weight is 365 g/mol. The van der Waals surface area contributed by atoms with Gasteiger partial charge in [-0.3, -0.25) is 9.80 Å². The van der Waals surface area contributed by atoms with E-state index in [2.05, 4.69) is 41.8 Å². The Morgan fingerprint density at radius 1 is 1.23 bits per heavy atom. The van der Waals surface area contributed by atoms with Gasteiger partial charge in [-0.05, 0) is 38.8 Å². The fraction of sp³-hybridized carbons (Fsp3) is 0.714. The molecule has 1 heterocycles. The van der Waals surface area contributed by atoms with Gasteiger partial charge < -0.3 is 14.6 Å². The molecule has 5 nitrogen and oxygen atoms in total. The van der Waals surface area contributed by atoms with Crippen molar-refractivity contribution in [3.8, 4) is 0 Å². The molecule has 0 amide bonds. The van der Waals surface area contributed by atoms with Crippen molar-refractivity contribution in [2.24, 2.45) is 0 Å². The molecule has 1 atom stereocenters. The summed E-state index contributed by atoms with van der Waals surface area (Å²) in [6.07, 6.45) is -0.322. The Hall–Kier alpha value is -0.980. The Morgan fingerprint density at radius 3 is 2.65 bits per heavy atom. The number of nitrogens with zero attached hydrogens (tertiary/aromatic N) is 2. The fourth-order valence-corrected chi connectivity index (χ4v) is 3.21. The van der Waals surface area contributed by atoms with E-state index in [0.29, 0.717) is 13.2 Å². The molecule has 1 aromatic carbocycles. The maximum atomic E-state index is 10.4. The molecule has 148 valence electrons. The summed E-state index contributed by atoms with van der Waals surface area (Å²) in [5.41, 5.74) is 3.92. The third-order valence-corrected chi connectivity index (χ3v) is 4.83. The number of hydrogen-bond donors (Lipinski definition) is 1. The van der Waals surface area contributed by atoms with Gasteiger partial charge in [0.1, 0.15) is 0 Å². The standard InChI is InChI=1S/C21H36N2O3/c1-17(2)26-16-21(24)15-23(8-7-22-9-11-25-12-10-22)14-20-13-18(3)5-6-19(20)4/h5-6,13,17,21,24H,7-12,14-16H2,1-4H3/t21-/m1/s1. The molecule has 1 aliphatic rings. The van der Waals surface area contributed by atoms with Crippen molar-refractivity contribution in [3.05, 3.63) is 34.9 Å². The number of aryl methyl sites for hydroxylation is 2. The largest absolute Gasteiger partial charge is 0.389 e. The zero-order valence-electron chi connectivity index (χ0n) is 16.9. The molecular formula is C21H36N2O3. The van der Waals surface area contributed by atoms with E-state index in [9.17, 15) is 5.11 Å². The van der Waals surface area contributed by atoms with Gasteiger partial charge in [0, 0.05) is 39.3 Å². The van der Waals surface area contributed by atoms with E-state index >= 15 is 0 Å². The molecule has 2 rings (SSSR count). The molecule has 1 fully saturated rings. The summed E-state index contributed by atoms with van der Waals surface area (Å²) in [6, 6.07) is 6.60. The monoisotopic (exact) mass is 364 g/mol. The Bertz CT molecular complexity index is 530. The molecule has 0 bridgehead atoms. The highest BCUT2D eigenvalue weighted by atomic mass is 16.5. The number of rotatable bonds is 10. The van der Waals surface area contributed by atoms with Gasteiger partial charge in [-0.1, -0.05) is 23.8 Å². The van der Waals surface area contributed by atoms with Gasteiger partial charge >= 0.3 is 0 Å². The van der Waals surface area contributed by atoms with E-state index in [1.54, 1.807) is 0 Å². The van der Waals surface area contributed by atoms with Crippen molar-refractivity contribution in [3.63, 3.8) is 0 Å². The highest BCUT2D eigenvalue weighted by Gasteiger charge is 2.17. The van der Waals surface area contributed by atoms with Gasteiger partial charge in [0.15, 0.2) is 0 Å². The molecule has 0 aliphatic carbocycles. The van der Waals surface area contributed by atoms with Crippen molar-refractivity contribution in [2.75, 3.05) is 52.5 Å². The lowest BCUT2D eigenvalue weighted by Gasteiger charge is -2.31. The third-order valence-electron chi connectivity index (χ3n) is 4.83. The van der Waals surface area contributed by atoms with Crippen LogP contribution in [0.3, 0.4) is 0 Å². The topological polar surface area (TPSA) is 45.2 Å². The smallest absolute Gasteiger partial charge is 0.0900 e. The zero-order chi connectivity index (χ0) is 18.9. The summed E-state index contributed by atoms with van der Waals surface area (Å²) in [6.45, 7) is 15.7. The third kappa shape index (κ3) is 7.72. The first-order chi connectivity index (χ1) is 12.4. The van der Waals surface area contributed by atoms with Crippen LogP contribution in [0.15, 0.2) is 18.2 Å². The summed E-state index contributed by atoms with van der Waals surface area (Å²) < 4.78 is 11.0. The van der Waals surface area contributed by atoms with Gasteiger partial charge in [0.25, 0.3) is 0 Å². The van der Waals surface area contributed by atoms with Crippen LogP contribution in [0, 0.1) is 13.8 Å². The molecular weight excluding hydrogens is 328 g/mol. The molecule has 0 spiro atoms. The van der Waals surface area contributed by atoms with Crippen molar-refractivity contribution < 1.29 is 14.6 Å². The quantitative estimate of drug-likeness (QED) is 0.690. The van der Waals surface area contributed by atoms with Crippen LogP contribution in [0.1, 0.15) is 30.5 Å². The van der Waals surface area contributed by atoms with Gasteiger partial charge in [-0.25, -0.2) is 0 Å². The molecule has 1 saturated heterocycles. The van der Waals surface area contributed by atoms with Crippen molar-refractivity contribution in [1.82, 2.24) is 9.80 Å². The van der Waals surface area contributed by atoms with Gasteiger partial charge in [0.2, 0.25) is 0 Å². The van der Waals surface area contributed by atoms with Gasteiger partial charge in [-0.15, -0.1) is 0 Å². The predicted molar refractivity (Wildman–Crippen MR) is 106 cm³/mol. The van der Waals surface area contributed by atoms with Crippen molar-refractivity contribution in [1.29, 1.82) is 0 Å². The normalized spacial score (nSPS) is 17.2. The van der Waals surface area contributed by atoms with Crippen LogP contribution in [0.5, 0.6) is 0 Å². The lowest BCUT2D eigenvalue weighted by molar-refractivity contribution is -0.0129. The number of aliphatic hydroxyl groups is 1. The Balaban J connectivity index is 1.95. The second kappa shape index (κ2) is 11.0. The van der Waals surface area contributed by atoms with Gasteiger partial charge in [0.05, 0.1) is 32.0 Å². The molecule has 26 heavy (non-hydrogen) atoms. The van der Waals surface area contributed by atoms with E-state index < -0.39 is 6.10 Å². The molecule has 0 saturated carbocycles. The first kappa shape index (κ1) is 21.3. The van der Waals surface area contributed by atoms with E-state index in [-0.39, 0.29) is 6.10 Å². The Labute approximate surface area is 158 Å². The minimum Gasteiger partial charge on any atom is -0.389 e. The maximum absolute atomic E-state index is 10.4. The first-order valence-electron chi connectivity index (χ1n) is 9.82. The first-order valence-corrected chi connectivity index (χ1v) is 9.82. The molecule has 5 heteroatoms. The SMILES string of the molecule is Cc1ccc(C)c(CN(CCN2CCOCC2)C[C@@H](O)COC(C)C)c1. The van der Waals surface area contributed by atoms with Crippen LogP contribution < -0.4 is 0 Å². The van der Waals surface area contributed by atoms with E-state index in [4.69, 9.17) is 9.47 Å². The highest BCUT2D eigenvalue weighted by molar-refractivity contribution is 5.30. The molecule has 0 aromatic heterocycles. The number of morpholine rings is 1. The second-order valence-electron chi connectivity index (χ2n) is 7.65. The van der Waals surface area contributed by atoms with Crippen molar-refractivity contribution >= 4 is 0 Å². The summed E-state index contributed by atoms with van der Waals surface area (Å²) in [7, 11) is 0. The molecule has 1 aliphatic heterocycles. The lowest BCUT2D eigenvalue weighted by Crippen LogP contribution is -2.43. The zero-order valence-corrected chi connectivity index (χ0v) is 16.9. The Morgan fingerprint density at radius 2 is 1.96 bits per heavy atom. The van der Waals surface area contributed by atoms with Crippen LogP contribution in [0.2, 0.25) is 0 Å². The van der Waals surface area contributed by atoms with Crippen LogP contribution in [0.25, 0.3) is 0 Å². The minimum atomic E-state index is -0.466. The van der Waals surface area contributed by atoms with E-state index in [0.717, 1.165) is 45.9 Å². The second-order valence-corrected chi connectivity index (χ2v) is 7.65. The molecule has 0 unspecified atom stereocenters. The van der Waals surface area contributed by atoms with Crippen LogP contribution in [-0.2, 0) is 16.0 Å². The summed E-state index contributed by atoms with van der Waals surface area (Å²) in [5.74, 6) is 0. The van der Waals surface area contributed by atoms with Gasteiger partial charge in [-0.2, -0.15) is 0 Å². The van der Waals surface area contributed by atoms with Crippen LogP contribution in [0.4, 0.5) is 0 Å². The van der Waals surface area contributed by atoms with E-state index in [1.165, 1.54) is 16.7 Å². The van der Waals surface area contributed by atoms with E-state index in [1.807, 2.05) is 13.8 Å². The molecule has 1 aromatic rings. The van der Waals surface area contributed by atoms with Crippen molar-refractivity contribution in [2.45, 2.75) is 46.4 Å². The summed E-state index contributed by atoms with van der Waals surface area (Å²) in [5, 5.41) is 10.4. The average Bonchev–Trinajstić information content (AvgIpc) is 2.62. The predicted octanol–water partition coefficient (Wildman–Crippen LogP) is 2.22. The fourth-order valence-electron chi connectivity index (χ4n) is 3.21. The highest BCUT2D eigenvalue weighted by Crippen LogP contribution is 2.14. The number of ether oxygens (including phenoxy) is 2. The summed E-state index contributed by atoms with van der Waals surface area (Å²) in [4.78, 5) is 4.79. The molecule has 1 N–H and O–H groups in total. The van der Waals surface area contributed by atoms with Crippen LogP contribution in [-0.4, -0.2) is 79.7 Å². The lowest BCUT2D eigenvalue weighted by atomic mass is 10.0. The molecule has 0 radical (unpaired) electrons. The Kier molecular flexibility index (Phi) is 9.02. The number of benzene rings is 1. The number of aliphatic hydroxyl groups excluding tert-OH is 1. The summed E-state index contributed by atoms with van der Waals surface area (Å²) >= 11 is 0. The van der Waals surface area contributed by atoms with Crippen LogP contribution >= 0.6 is 0 Å².